The standard InChI is InChI=1S/C28H44N2O35S4/c1-5(31)29-9-16(11(33)7(57-25(9)42)3-55-66(43,44)45)59-28-21(65-69(52,53)54)15(37)18(22(63-28)24(40)41)61-26-10(30-6(2)32)17(12(34)8(58-26)4-56-67(46,47)48)60-27-20(64-68(49,50)51)14(36)13(35)19(62-27)23(38)39/h7-22,25-28,33-37,42H,3-4H2,1-2H3,(H,29,31)(H,30,32)(H,38,39)(H,40,41)(H,43,44,45)(H,46,47,48)(H,49,50,51)(H,52,53,54)/t7-,8-,9-,10-,11+,12+,13+,14+,15+,16-,17-,18+,19+,20-,21-,22+,25-,26+,27-,28-/m1/s1. The number of hydrogen-bond donors (Lipinski definition) is 14. The van der Waals surface area contributed by atoms with Gasteiger partial charge >= 0.3 is 53.5 Å². The van der Waals surface area contributed by atoms with E-state index in [4.69, 9.17) is 37.7 Å². The molecule has 4 rings (SSSR count). The first-order valence-corrected chi connectivity index (χ1v) is 24.2. The third-order valence-corrected chi connectivity index (χ3v) is 11.6. The smallest absolute Gasteiger partial charge is 0.397 e. The van der Waals surface area contributed by atoms with Gasteiger partial charge in [0.1, 0.15) is 73.1 Å². The fourth-order valence-corrected chi connectivity index (χ4v) is 8.62. The summed E-state index contributed by atoms with van der Waals surface area (Å²) >= 11 is 0. The number of carboxylic acid groups (broad SMARTS) is 2. The van der Waals surface area contributed by atoms with Crippen molar-refractivity contribution in [3.05, 3.63) is 0 Å². The number of carbonyl (C=O) groups is 4. The minimum Gasteiger partial charge on any atom is -0.479 e. The van der Waals surface area contributed by atoms with Gasteiger partial charge in [0.2, 0.25) is 11.8 Å². The van der Waals surface area contributed by atoms with E-state index in [-0.39, 0.29) is 0 Å². The lowest BCUT2D eigenvalue weighted by Crippen LogP contribution is -2.71. The molecule has 41 heteroatoms. The van der Waals surface area contributed by atoms with Gasteiger partial charge in [-0.1, -0.05) is 0 Å². The van der Waals surface area contributed by atoms with Crippen molar-refractivity contribution in [2.45, 2.75) is 137 Å². The van der Waals surface area contributed by atoms with E-state index < -0.39 is 201 Å². The number of rotatable bonds is 20. The van der Waals surface area contributed by atoms with Crippen LogP contribution in [-0.4, -0.2) is 252 Å². The third kappa shape index (κ3) is 15.9. The SMILES string of the molecule is CC(=O)N[C@@H]1[C@@H](O[C@@H]2O[C@H](C(=O)O)[C@@H](O[C@@H]3O[C@H](COS(=O)(=O)O)[C@H](O)[C@H](O[C@@H]4O[C@H](C(=O)O)[C@@H](O)[C@H](O)[C@H]4OS(=O)(=O)O)[C@H]3NC(C)=O)[C@H](O)[C@H]2OS(=O)(=O)O)[C@@H](O)[C@@H](COS(=O)(=O)O)O[C@H]1O. The summed E-state index contributed by atoms with van der Waals surface area (Å²) in [6.07, 6.45) is -46.5. The largest absolute Gasteiger partial charge is 0.479 e. The summed E-state index contributed by atoms with van der Waals surface area (Å²) in [4.78, 5) is 49.4. The van der Waals surface area contributed by atoms with Crippen LogP contribution in [0.25, 0.3) is 0 Å². The van der Waals surface area contributed by atoms with Crippen LogP contribution in [0.5, 0.6) is 0 Å². The molecule has 0 unspecified atom stereocenters. The number of ether oxygens (including phenoxy) is 7. The van der Waals surface area contributed by atoms with Gasteiger partial charge in [-0.15, -0.1) is 0 Å². The molecule has 14 N–H and O–H groups in total. The molecule has 4 aliphatic rings. The van der Waals surface area contributed by atoms with Crippen molar-refractivity contribution in [3.63, 3.8) is 0 Å². The van der Waals surface area contributed by atoms with Crippen molar-refractivity contribution >= 4 is 65.3 Å². The maximum absolute atomic E-state index is 12.8. The van der Waals surface area contributed by atoms with Crippen LogP contribution in [0.15, 0.2) is 0 Å². The molecule has 0 aliphatic carbocycles. The molecule has 4 aliphatic heterocycles. The number of aliphatic carboxylic acids is 2. The quantitative estimate of drug-likeness (QED) is 0.0504. The van der Waals surface area contributed by atoms with E-state index in [9.17, 15) is 107 Å². The molecule has 0 aromatic rings. The molecule has 20 atom stereocenters. The van der Waals surface area contributed by atoms with Crippen LogP contribution in [0.3, 0.4) is 0 Å². The number of aliphatic hydroxyl groups excluding tert-OH is 6. The van der Waals surface area contributed by atoms with Gasteiger partial charge in [-0.25, -0.2) is 26.3 Å². The fourth-order valence-electron chi connectivity index (χ4n) is 7.04. The lowest BCUT2D eigenvalue weighted by Gasteiger charge is -2.50. The first-order chi connectivity index (χ1) is 31.5. The maximum Gasteiger partial charge on any atom is 0.397 e. The highest BCUT2D eigenvalue weighted by molar-refractivity contribution is 7.81. The maximum atomic E-state index is 12.8. The average molecular weight is 1100 g/mol. The summed E-state index contributed by atoms with van der Waals surface area (Å²) < 4.78 is 185. The number of nitrogens with one attached hydrogen (secondary N) is 2. The second-order valence-corrected chi connectivity index (χ2v) is 19.0. The Morgan fingerprint density at radius 2 is 0.855 bits per heavy atom. The van der Waals surface area contributed by atoms with Gasteiger partial charge in [-0.2, -0.15) is 33.7 Å². The first kappa shape index (κ1) is 58.4. The molecular formula is C28H44N2O35S4. The van der Waals surface area contributed by atoms with Crippen LogP contribution >= 0.6 is 0 Å². The lowest BCUT2D eigenvalue weighted by atomic mass is 9.94. The van der Waals surface area contributed by atoms with Crippen LogP contribution in [0.1, 0.15) is 13.8 Å². The Kier molecular flexibility index (Phi) is 19.2. The van der Waals surface area contributed by atoms with Crippen LogP contribution in [0.2, 0.25) is 0 Å². The van der Waals surface area contributed by atoms with E-state index in [2.05, 4.69) is 16.7 Å². The lowest BCUT2D eigenvalue weighted by molar-refractivity contribution is -0.365. The van der Waals surface area contributed by atoms with Crippen molar-refractivity contribution in [2.75, 3.05) is 13.2 Å². The number of carboxylic acids is 2. The van der Waals surface area contributed by atoms with Gasteiger partial charge in [0.05, 0.1) is 13.2 Å². The van der Waals surface area contributed by atoms with Crippen molar-refractivity contribution in [1.29, 1.82) is 0 Å². The van der Waals surface area contributed by atoms with Crippen LogP contribution in [-0.2, 0) is 111 Å². The van der Waals surface area contributed by atoms with Crippen molar-refractivity contribution in [1.82, 2.24) is 10.6 Å². The van der Waals surface area contributed by atoms with Crippen molar-refractivity contribution < 1.29 is 162 Å². The summed E-state index contributed by atoms with van der Waals surface area (Å²) in [6, 6.07) is -4.36. The van der Waals surface area contributed by atoms with Gasteiger partial charge in [0.25, 0.3) is 0 Å². The zero-order valence-corrected chi connectivity index (χ0v) is 37.6. The van der Waals surface area contributed by atoms with E-state index in [0.29, 0.717) is 0 Å². The van der Waals surface area contributed by atoms with E-state index in [1.807, 2.05) is 10.6 Å². The summed E-state index contributed by atoms with van der Waals surface area (Å²) in [6.45, 7) is -1.31. The molecule has 0 bridgehead atoms. The fraction of sp³-hybridized carbons (Fsp3) is 0.857. The van der Waals surface area contributed by atoms with Crippen molar-refractivity contribution in [2.24, 2.45) is 0 Å². The molecular weight excluding hydrogens is 1050 g/mol. The molecule has 69 heavy (non-hydrogen) atoms. The number of hydrogen-bond acceptors (Lipinski definition) is 29. The Hall–Kier alpha value is -3.16. The minimum absolute atomic E-state index is 0.724. The van der Waals surface area contributed by atoms with E-state index >= 15 is 0 Å². The Balaban J connectivity index is 1.82. The number of amides is 2. The molecule has 0 aromatic heterocycles. The molecule has 0 saturated carbocycles. The van der Waals surface area contributed by atoms with Gasteiger partial charge in [-0.3, -0.25) is 27.8 Å². The molecule has 37 nitrogen and oxygen atoms in total. The number of carbonyl (C=O) groups excluding carboxylic acids is 2. The van der Waals surface area contributed by atoms with Crippen LogP contribution < -0.4 is 10.6 Å². The molecule has 0 spiro atoms. The second kappa shape index (κ2) is 22.7. The molecule has 0 aromatic carbocycles. The molecule has 4 saturated heterocycles. The van der Waals surface area contributed by atoms with Gasteiger partial charge in [0, 0.05) is 13.8 Å². The van der Waals surface area contributed by atoms with E-state index in [0.717, 1.165) is 13.8 Å². The highest BCUT2D eigenvalue weighted by Gasteiger charge is 2.59. The summed E-state index contributed by atoms with van der Waals surface area (Å²) in [5.74, 6) is -6.55. The zero-order chi connectivity index (χ0) is 52.5. The summed E-state index contributed by atoms with van der Waals surface area (Å²) in [5, 5.41) is 89.8. The molecule has 4 fully saturated rings. The van der Waals surface area contributed by atoms with Crippen LogP contribution in [0, 0.1) is 0 Å². The third-order valence-electron chi connectivity index (χ3n) is 9.76. The zero-order valence-electron chi connectivity index (χ0n) is 34.4. The van der Waals surface area contributed by atoms with Gasteiger partial charge < -0.3 is 84.6 Å². The first-order valence-electron chi connectivity index (χ1n) is 18.7. The summed E-state index contributed by atoms with van der Waals surface area (Å²) in [5.41, 5.74) is 0. The predicted molar refractivity (Wildman–Crippen MR) is 200 cm³/mol. The number of aliphatic hydroxyl groups is 6. The molecule has 400 valence electrons. The minimum atomic E-state index is -5.89. The highest BCUT2D eigenvalue weighted by Crippen LogP contribution is 2.36. The van der Waals surface area contributed by atoms with E-state index in [1.165, 1.54) is 0 Å². The Bertz CT molecular complexity index is 2300. The Morgan fingerprint density at radius 3 is 1.28 bits per heavy atom. The molecule has 2 amide bonds. The highest BCUT2D eigenvalue weighted by atomic mass is 32.3. The molecule has 0 radical (unpaired) electrons. The average Bonchev–Trinajstić information content (AvgIpc) is 3.18. The van der Waals surface area contributed by atoms with Gasteiger partial charge in [-0.05, 0) is 0 Å². The topological polar surface area (TPSA) is 573 Å². The summed E-state index contributed by atoms with van der Waals surface area (Å²) in [7, 11) is -22.4. The predicted octanol–water partition coefficient (Wildman–Crippen LogP) is -9.97. The Labute approximate surface area is 386 Å². The normalized spacial score (nSPS) is 39.2. The molecule has 4 heterocycles. The van der Waals surface area contributed by atoms with Crippen molar-refractivity contribution in [3.8, 4) is 0 Å². The monoisotopic (exact) mass is 1100 g/mol. The Morgan fingerprint density at radius 1 is 0.464 bits per heavy atom. The van der Waals surface area contributed by atoms with Crippen LogP contribution in [0.4, 0.5) is 0 Å². The second-order valence-electron chi connectivity index (χ2n) is 14.7. The van der Waals surface area contributed by atoms with Gasteiger partial charge in [0.15, 0.2) is 49.6 Å². The van der Waals surface area contributed by atoms with E-state index in [1.54, 1.807) is 0 Å².